The van der Waals surface area contributed by atoms with Gasteiger partial charge in [-0.1, -0.05) is 0 Å². The molecule has 0 aliphatic carbocycles. The van der Waals surface area contributed by atoms with E-state index in [4.69, 9.17) is 11.6 Å². The largest absolute Gasteiger partial charge is 0.324 e. The van der Waals surface area contributed by atoms with Crippen LogP contribution in [0.25, 0.3) is 5.82 Å². The number of halogens is 1. The van der Waals surface area contributed by atoms with Gasteiger partial charge in [-0.05, 0) is 12.1 Å². The van der Waals surface area contributed by atoms with Crippen LogP contribution in [0.1, 0.15) is 0 Å². The molecule has 0 aliphatic heterocycles. The van der Waals surface area contributed by atoms with Crippen molar-refractivity contribution in [2.75, 3.05) is 11.2 Å². The number of rotatable bonds is 3. The van der Waals surface area contributed by atoms with E-state index in [1.807, 2.05) is 0 Å². The molecule has 6 nitrogen and oxygen atoms in total. The molecule has 1 N–H and O–H groups in total. The number of nitrogens with zero attached hydrogens (tertiary/aromatic N) is 4. The van der Waals surface area contributed by atoms with Crippen LogP contribution in [0.4, 0.5) is 5.69 Å². The molecule has 0 atom stereocenters. The first kappa shape index (κ1) is 10.6. The summed E-state index contributed by atoms with van der Waals surface area (Å²) in [5.41, 5.74) is 0.600. The first-order valence-corrected chi connectivity index (χ1v) is 5.00. The summed E-state index contributed by atoms with van der Waals surface area (Å²) in [6.07, 6.45) is 4.62. The summed E-state index contributed by atoms with van der Waals surface area (Å²) in [5.74, 6) is 0.335. The average molecular weight is 238 g/mol. The van der Waals surface area contributed by atoms with Crippen molar-refractivity contribution in [2.45, 2.75) is 0 Å². The van der Waals surface area contributed by atoms with E-state index in [1.54, 1.807) is 35.6 Å². The highest BCUT2D eigenvalue weighted by Gasteiger charge is 2.01. The number of alkyl halides is 1. The molecule has 2 aromatic rings. The number of pyridine rings is 1. The molecule has 82 valence electrons. The van der Waals surface area contributed by atoms with E-state index in [-0.39, 0.29) is 11.8 Å². The Labute approximate surface area is 96.3 Å². The molecule has 2 aromatic heterocycles. The Kier molecular flexibility index (Phi) is 3.11. The topological polar surface area (TPSA) is 72.7 Å². The first-order chi connectivity index (χ1) is 7.79. The van der Waals surface area contributed by atoms with Crippen molar-refractivity contribution >= 4 is 23.2 Å². The van der Waals surface area contributed by atoms with Crippen LogP contribution in [0.2, 0.25) is 0 Å². The van der Waals surface area contributed by atoms with Crippen molar-refractivity contribution in [1.82, 2.24) is 19.7 Å². The van der Waals surface area contributed by atoms with Gasteiger partial charge < -0.3 is 5.32 Å². The molecule has 2 rings (SSSR count). The van der Waals surface area contributed by atoms with Gasteiger partial charge in [0.2, 0.25) is 5.91 Å². The molecule has 16 heavy (non-hydrogen) atoms. The van der Waals surface area contributed by atoms with Gasteiger partial charge in [0.15, 0.2) is 0 Å². The van der Waals surface area contributed by atoms with Crippen LogP contribution in [-0.4, -0.2) is 31.5 Å². The van der Waals surface area contributed by atoms with Gasteiger partial charge in [0.05, 0.1) is 11.9 Å². The Morgan fingerprint density at radius 1 is 1.38 bits per heavy atom. The highest BCUT2D eigenvalue weighted by Crippen LogP contribution is 2.08. The molecule has 0 unspecified atom stereocenters. The summed E-state index contributed by atoms with van der Waals surface area (Å²) >= 11 is 5.36. The lowest BCUT2D eigenvalue weighted by molar-refractivity contribution is -0.113. The van der Waals surface area contributed by atoms with Gasteiger partial charge in [-0.25, -0.2) is 4.98 Å². The summed E-state index contributed by atoms with van der Waals surface area (Å²) in [7, 11) is 0. The maximum atomic E-state index is 11.0. The summed E-state index contributed by atoms with van der Waals surface area (Å²) < 4.78 is 1.66. The van der Waals surface area contributed by atoms with Crippen LogP contribution < -0.4 is 5.32 Å². The standard InChI is InChI=1S/C9H8ClN5O/c10-3-9(16)14-7-1-2-8(11-4-7)15-5-12-13-6-15/h1-2,4-6H,3H2,(H,14,16). The fraction of sp³-hybridized carbons (Fsp3) is 0.111. The smallest absolute Gasteiger partial charge is 0.239 e. The number of anilines is 1. The van der Waals surface area contributed by atoms with E-state index in [0.717, 1.165) is 0 Å². The maximum Gasteiger partial charge on any atom is 0.239 e. The number of hydrogen-bond donors (Lipinski definition) is 1. The van der Waals surface area contributed by atoms with Crippen molar-refractivity contribution in [3.05, 3.63) is 31.0 Å². The number of nitrogens with one attached hydrogen (secondary N) is 1. The minimum atomic E-state index is -0.263. The van der Waals surface area contributed by atoms with Crippen molar-refractivity contribution in [2.24, 2.45) is 0 Å². The second-order valence-corrected chi connectivity index (χ2v) is 3.22. The van der Waals surface area contributed by atoms with Crippen LogP contribution in [0, 0.1) is 0 Å². The van der Waals surface area contributed by atoms with Gasteiger partial charge in [-0.2, -0.15) is 0 Å². The average Bonchev–Trinajstić information content (AvgIpc) is 2.83. The summed E-state index contributed by atoms with van der Waals surface area (Å²) in [6, 6.07) is 3.47. The van der Waals surface area contributed by atoms with E-state index in [1.165, 1.54) is 0 Å². The van der Waals surface area contributed by atoms with Gasteiger partial charge in [-0.3, -0.25) is 9.36 Å². The zero-order valence-electron chi connectivity index (χ0n) is 8.17. The molecule has 7 heteroatoms. The van der Waals surface area contributed by atoms with Gasteiger partial charge >= 0.3 is 0 Å². The van der Waals surface area contributed by atoms with Gasteiger partial charge in [0.1, 0.15) is 24.4 Å². The Balaban J connectivity index is 2.14. The highest BCUT2D eigenvalue weighted by atomic mass is 35.5. The fourth-order valence-corrected chi connectivity index (χ4v) is 1.19. The zero-order chi connectivity index (χ0) is 11.4. The minimum absolute atomic E-state index is 0.0762. The highest BCUT2D eigenvalue weighted by molar-refractivity contribution is 6.29. The monoisotopic (exact) mass is 237 g/mol. The Morgan fingerprint density at radius 2 is 2.12 bits per heavy atom. The van der Waals surface area contributed by atoms with Crippen molar-refractivity contribution < 1.29 is 4.79 Å². The first-order valence-electron chi connectivity index (χ1n) is 4.46. The molecule has 0 saturated carbocycles. The Bertz CT molecular complexity index is 467. The predicted octanol–water partition coefficient (Wildman–Crippen LogP) is 0.840. The summed E-state index contributed by atoms with van der Waals surface area (Å²) in [4.78, 5) is 15.1. The number of hydrogen-bond acceptors (Lipinski definition) is 4. The van der Waals surface area contributed by atoms with E-state index in [9.17, 15) is 4.79 Å². The molecule has 0 spiro atoms. The van der Waals surface area contributed by atoms with E-state index in [2.05, 4.69) is 20.5 Å². The SMILES string of the molecule is O=C(CCl)Nc1ccc(-n2cnnc2)nc1. The second kappa shape index (κ2) is 4.71. The quantitative estimate of drug-likeness (QED) is 0.803. The van der Waals surface area contributed by atoms with Crippen LogP contribution >= 0.6 is 11.6 Å². The molecule has 2 heterocycles. The maximum absolute atomic E-state index is 11.0. The third-order valence-corrected chi connectivity index (χ3v) is 2.08. The molecule has 0 saturated heterocycles. The van der Waals surface area contributed by atoms with E-state index >= 15 is 0 Å². The predicted molar refractivity (Wildman–Crippen MR) is 58.5 cm³/mol. The number of amides is 1. The number of carbonyl (C=O) groups is 1. The van der Waals surface area contributed by atoms with E-state index in [0.29, 0.717) is 11.5 Å². The molecule has 0 radical (unpaired) electrons. The van der Waals surface area contributed by atoms with Gasteiger partial charge in [-0.15, -0.1) is 21.8 Å². The van der Waals surface area contributed by atoms with Crippen molar-refractivity contribution in [3.8, 4) is 5.82 Å². The lowest BCUT2D eigenvalue weighted by Crippen LogP contribution is -2.12. The normalized spacial score (nSPS) is 10.1. The minimum Gasteiger partial charge on any atom is -0.324 e. The van der Waals surface area contributed by atoms with Crippen LogP contribution in [-0.2, 0) is 4.79 Å². The lowest BCUT2D eigenvalue weighted by atomic mass is 10.4. The fourth-order valence-electron chi connectivity index (χ4n) is 1.13. The summed E-state index contributed by atoms with van der Waals surface area (Å²) in [6.45, 7) is 0. The van der Waals surface area contributed by atoms with Crippen molar-refractivity contribution in [3.63, 3.8) is 0 Å². The lowest BCUT2D eigenvalue weighted by Gasteiger charge is -2.03. The molecular formula is C9H8ClN5O. The van der Waals surface area contributed by atoms with Crippen LogP contribution in [0.15, 0.2) is 31.0 Å². The molecule has 1 amide bonds. The summed E-state index contributed by atoms with van der Waals surface area (Å²) in [5, 5.41) is 9.93. The molecule has 0 fully saturated rings. The molecule has 0 bridgehead atoms. The molecule has 0 aliphatic rings. The zero-order valence-corrected chi connectivity index (χ0v) is 8.92. The van der Waals surface area contributed by atoms with E-state index < -0.39 is 0 Å². The third kappa shape index (κ3) is 2.34. The second-order valence-electron chi connectivity index (χ2n) is 2.96. The van der Waals surface area contributed by atoms with Gasteiger partial charge in [0, 0.05) is 0 Å². The van der Waals surface area contributed by atoms with Gasteiger partial charge in [0.25, 0.3) is 0 Å². The number of carbonyl (C=O) groups excluding carboxylic acids is 1. The number of aromatic nitrogens is 4. The molecular weight excluding hydrogens is 230 g/mol. The Morgan fingerprint density at radius 3 is 2.69 bits per heavy atom. The molecule has 0 aromatic carbocycles. The van der Waals surface area contributed by atoms with Crippen molar-refractivity contribution in [1.29, 1.82) is 0 Å². The third-order valence-electron chi connectivity index (χ3n) is 1.84. The Hall–Kier alpha value is -1.95. The van der Waals surface area contributed by atoms with Crippen LogP contribution in [0.3, 0.4) is 0 Å². The van der Waals surface area contributed by atoms with Crippen LogP contribution in [0.5, 0.6) is 0 Å².